The standard InChI is InChI=1S/C28H32N2O3/c1-6-18-9-10-19(20(13-18)28(31)32)27-21-11-16(4)23(29-7-2)14-25(21)33-26-15-24(30-8-3)17(5)12-22(26)27/h9-15,21,27,30H,6-8H2,1-5H3,(H,31,32)/b29-23-. The lowest BCUT2D eigenvalue weighted by atomic mass is 9.73. The van der Waals surface area contributed by atoms with Gasteiger partial charge in [0.25, 0.3) is 0 Å². The van der Waals surface area contributed by atoms with Crippen LogP contribution in [0.15, 0.2) is 58.8 Å². The summed E-state index contributed by atoms with van der Waals surface area (Å²) in [6, 6.07) is 10.0. The van der Waals surface area contributed by atoms with Gasteiger partial charge in [-0.15, -0.1) is 0 Å². The van der Waals surface area contributed by atoms with Crippen LogP contribution >= 0.6 is 0 Å². The topological polar surface area (TPSA) is 70.9 Å². The van der Waals surface area contributed by atoms with Crippen molar-refractivity contribution in [2.75, 3.05) is 18.4 Å². The van der Waals surface area contributed by atoms with Gasteiger partial charge in [-0.05, 0) is 68.5 Å². The summed E-state index contributed by atoms with van der Waals surface area (Å²) in [7, 11) is 0. The van der Waals surface area contributed by atoms with Crippen molar-refractivity contribution in [2.45, 2.75) is 47.0 Å². The predicted molar refractivity (Wildman–Crippen MR) is 134 cm³/mol. The number of ether oxygens (including phenoxy) is 1. The first-order valence-corrected chi connectivity index (χ1v) is 11.7. The summed E-state index contributed by atoms with van der Waals surface area (Å²) in [6.45, 7) is 11.8. The van der Waals surface area contributed by atoms with Crippen LogP contribution in [-0.2, 0) is 6.42 Å². The Balaban J connectivity index is 1.97. The molecule has 0 saturated heterocycles. The van der Waals surface area contributed by atoms with E-state index in [0.29, 0.717) is 12.1 Å². The number of carbonyl (C=O) groups is 1. The van der Waals surface area contributed by atoms with E-state index in [9.17, 15) is 9.90 Å². The Kier molecular flexibility index (Phi) is 6.41. The molecule has 0 bridgehead atoms. The summed E-state index contributed by atoms with van der Waals surface area (Å²) in [6.07, 6.45) is 5.00. The summed E-state index contributed by atoms with van der Waals surface area (Å²) in [5, 5.41) is 13.5. The van der Waals surface area contributed by atoms with E-state index < -0.39 is 5.97 Å². The normalized spacial score (nSPS) is 20.3. The zero-order valence-corrected chi connectivity index (χ0v) is 20.0. The van der Waals surface area contributed by atoms with Crippen molar-refractivity contribution in [1.82, 2.24) is 0 Å². The molecule has 0 aromatic heterocycles. The van der Waals surface area contributed by atoms with Crippen LogP contribution in [0.5, 0.6) is 5.75 Å². The quantitative estimate of drug-likeness (QED) is 0.562. The Bertz CT molecular complexity index is 1190. The monoisotopic (exact) mass is 444 g/mol. The van der Waals surface area contributed by atoms with E-state index in [2.05, 4.69) is 43.2 Å². The number of fused-ring (bicyclic) bond motifs is 2. The average molecular weight is 445 g/mol. The molecule has 0 radical (unpaired) electrons. The molecule has 0 fully saturated rings. The third-order valence-electron chi connectivity index (χ3n) is 6.51. The molecular formula is C28H32N2O3. The lowest BCUT2D eigenvalue weighted by Crippen LogP contribution is -2.29. The SMILES string of the molecule is CC/N=C1/C=C2Oc3cc(NCC)c(C)cc3C(c3ccc(CC)cc3C(=O)O)C2C=C1C. The van der Waals surface area contributed by atoms with Gasteiger partial charge in [-0.2, -0.15) is 0 Å². The largest absolute Gasteiger partial charge is 0.478 e. The maximum Gasteiger partial charge on any atom is 0.335 e. The number of rotatable bonds is 6. The Morgan fingerprint density at radius 3 is 2.58 bits per heavy atom. The minimum atomic E-state index is -0.899. The van der Waals surface area contributed by atoms with E-state index in [0.717, 1.165) is 63.7 Å². The predicted octanol–water partition coefficient (Wildman–Crippen LogP) is 6.13. The van der Waals surface area contributed by atoms with Crippen molar-refractivity contribution >= 4 is 17.4 Å². The highest BCUT2D eigenvalue weighted by Crippen LogP contribution is 2.50. The fourth-order valence-electron chi connectivity index (χ4n) is 4.86. The smallest absolute Gasteiger partial charge is 0.335 e. The van der Waals surface area contributed by atoms with Crippen molar-refractivity contribution in [3.05, 3.63) is 81.6 Å². The van der Waals surface area contributed by atoms with Gasteiger partial charge < -0.3 is 15.2 Å². The van der Waals surface area contributed by atoms with Crippen LogP contribution < -0.4 is 10.1 Å². The molecule has 2 N–H and O–H groups in total. The number of nitrogens with one attached hydrogen (secondary N) is 1. The molecule has 5 heteroatoms. The number of anilines is 1. The number of hydrogen-bond donors (Lipinski definition) is 2. The van der Waals surface area contributed by atoms with E-state index in [1.807, 2.05) is 44.2 Å². The third kappa shape index (κ3) is 4.20. The van der Waals surface area contributed by atoms with E-state index in [1.165, 1.54) is 0 Å². The van der Waals surface area contributed by atoms with Crippen molar-refractivity contribution in [3.8, 4) is 5.75 Å². The van der Waals surface area contributed by atoms with Crippen molar-refractivity contribution in [3.63, 3.8) is 0 Å². The summed E-state index contributed by atoms with van der Waals surface area (Å²) < 4.78 is 6.45. The van der Waals surface area contributed by atoms with E-state index in [4.69, 9.17) is 4.74 Å². The van der Waals surface area contributed by atoms with Crippen molar-refractivity contribution < 1.29 is 14.6 Å². The lowest BCUT2D eigenvalue weighted by Gasteiger charge is -2.37. The molecule has 2 unspecified atom stereocenters. The molecule has 1 aliphatic heterocycles. The Labute approximate surface area is 195 Å². The molecule has 172 valence electrons. The summed E-state index contributed by atoms with van der Waals surface area (Å²) >= 11 is 0. The molecule has 4 rings (SSSR count). The molecule has 33 heavy (non-hydrogen) atoms. The van der Waals surface area contributed by atoms with Gasteiger partial charge in [-0.1, -0.05) is 25.1 Å². The minimum absolute atomic E-state index is 0.0942. The van der Waals surface area contributed by atoms with Gasteiger partial charge in [0, 0.05) is 48.3 Å². The molecule has 2 aromatic rings. The molecule has 0 saturated carbocycles. The lowest BCUT2D eigenvalue weighted by molar-refractivity contribution is 0.0694. The summed E-state index contributed by atoms with van der Waals surface area (Å²) in [5.41, 5.74) is 7.36. The van der Waals surface area contributed by atoms with Crippen LogP contribution in [0.1, 0.15) is 66.2 Å². The number of allylic oxidation sites excluding steroid dienone is 3. The Hall–Kier alpha value is -3.34. The van der Waals surface area contributed by atoms with Crippen molar-refractivity contribution in [1.29, 1.82) is 0 Å². The van der Waals surface area contributed by atoms with Gasteiger partial charge in [0.1, 0.15) is 11.5 Å². The van der Waals surface area contributed by atoms with Gasteiger partial charge in [-0.25, -0.2) is 4.79 Å². The summed E-state index contributed by atoms with van der Waals surface area (Å²) in [5.74, 6) is 0.425. The number of benzene rings is 2. The number of hydrogen-bond acceptors (Lipinski definition) is 4. The first kappa shape index (κ1) is 22.8. The molecule has 1 aliphatic carbocycles. The second kappa shape index (κ2) is 9.26. The number of aromatic carboxylic acids is 1. The Morgan fingerprint density at radius 1 is 1.12 bits per heavy atom. The molecule has 5 nitrogen and oxygen atoms in total. The van der Waals surface area contributed by atoms with Gasteiger partial charge in [0.05, 0.1) is 11.3 Å². The second-order valence-electron chi connectivity index (χ2n) is 8.68. The molecule has 0 spiro atoms. The molecule has 0 amide bonds. The van der Waals surface area contributed by atoms with Crippen LogP contribution in [0.4, 0.5) is 5.69 Å². The minimum Gasteiger partial charge on any atom is -0.478 e. The van der Waals surface area contributed by atoms with E-state index in [1.54, 1.807) is 0 Å². The number of aryl methyl sites for hydroxylation is 2. The molecule has 2 aliphatic rings. The highest BCUT2D eigenvalue weighted by molar-refractivity contribution is 6.09. The summed E-state index contributed by atoms with van der Waals surface area (Å²) in [4.78, 5) is 16.9. The molecule has 2 atom stereocenters. The van der Waals surface area contributed by atoms with Crippen LogP contribution in [0.2, 0.25) is 0 Å². The van der Waals surface area contributed by atoms with Gasteiger partial charge in [-0.3, -0.25) is 4.99 Å². The van der Waals surface area contributed by atoms with E-state index in [-0.39, 0.29) is 11.8 Å². The van der Waals surface area contributed by atoms with Crippen molar-refractivity contribution in [2.24, 2.45) is 10.9 Å². The number of aliphatic imine (C=N–C) groups is 1. The molecule has 1 heterocycles. The highest BCUT2D eigenvalue weighted by atomic mass is 16.5. The average Bonchev–Trinajstić information content (AvgIpc) is 2.79. The van der Waals surface area contributed by atoms with Gasteiger partial charge >= 0.3 is 5.97 Å². The van der Waals surface area contributed by atoms with Crippen LogP contribution in [0, 0.1) is 12.8 Å². The zero-order chi connectivity index (χ0) is 23.7. The third-order valence-corrected chi connectivity index (χ3v) is 6.51. The molecular weight excluding hydrogens is 412 g/mol. The molecule has 2 aromatic carbocycles. The van der Waals surface area contributed by atoms with Gasteiger partial charge in [0.15, 0.2) is 0 Å². The first-order chi connectivity index (χ1) is 15.9. The Morgan fingerprint density at radius 2 is 1.91 bits per heavy atom. The fourth-order valence-corrected chi connectivity index (χ4v) is 4.86. The van der Waals surface area contributed by atoms with E-state index >= 15 is 0 Å². The number of nitrogens with zero attached hydrogens (tertiary/aromatic N) is 1. The first-order valence-electron chi connectivity index (χ1n) is 11.7. The fraction of sp³-hybridized carbons (Fsp3) is 0.357. The van der Waals surface area contributed by atoms with Crippen LogP contribution in [-0.4, -0.2) is 29.9 Å². The maximum atomic E-state index is 12.3. The number of carboxylic acids is 1. The van der Waals surface area contributed by atoms with Crippen LogP contribution in [0.3, 0.4) is 0 Å². The zero-order valence-electron chi connectivity index (χ0n) is 20.0. The number of carboxylic acid groups (broad SMARTS) is 1. The van der Waals surface area contributed by atoms with Gasteiger partial charge in [0.2, 0.25) is 0 Å². The van der Waals surface area contributed by atoms with Crippen LogP contribution in [0.25, 0.3) is 0 Å². The highest BCUT2D eigenvalue weighted by Gasteiger charge is 2.39. The maximum absolute atomic E-state index is 12.3. The second-order valence-corrected chi connectivity index (χ2v) is 8.68.